The smallest absolute Gasteiger partial charge is 0.255 e. The van der Waals surface area contributed by atoms with Gasteiger partial charge < -0.3 is 20.1 Å². The van der Waals surface area contributed by atoms with Crippen molar-refractivity contribution in [3.63, 3.8) is 0 Å². The number of Topliss-reactive ketones (excluding diaryl/α,β-unsaturated/α-hetero) is 1. The highest BCUT2D eigenvalue weighted by Crippen LogP contribution is 2.45. The average molecular weight is 434 g/mol. The molecule has 1 unspecified atom stereocenters. The Hall–Kier alpha value is -3.61. The number of aromatic nitrogens is 1. The molecular weight excluding hydrogens is 406 g/mol. The standard InChI is InChI=1S/C25H27N3O4/c1-14-8-11-21(26-13-14)28-25(30)22-15(2)27-18-6-5-7-19(29)24(18)23(22)17-10-9-16(31-3)12-20(17)32-4/h8-13,23,27H,5-7H2,1-4H3,(H,26,28,30). The molecule has 7 heteroatoms. The molecule has 32 heavy (non-hydrogen) atoms. The Labute approximate surface area is 187 Å². The normalized spacial score (nSPS) is 18.1. The number of allylic oxidation sites excluding steroid dienone is 3. The van der Waals surface area contributed by atoms with Crippen LogP contribution in [-0.4, -0.2) is 30.9 Å². The van der Waals surface area contributed by atoms with E-state index >= 15 is 0 Å². The van der Waals surface area contributed by atoms with Gasteiger partial charge in [0.2, 0.25) is 0 Å². The minimum Gasteiger partial charge on any atom is -0.497 e. The number of rotatable bonds is 5. The van der Waals surface area contributed by atoms with Crippen LogP contribution in [0.1, 0.15) is 43.2 Å². The lowest BCUT2D eigenvalue weighted by Gasteiger charge is -2.35. The second kappa shape index (κ2) is 8.86. The quantitative estimate of drug-likeness (QED) is 0.741. The number of dihydropyridines is 1. The molecule has 4 rings (SSSR count). The summed E-state index contributed by atoms with van der Waals surface area (Å²) < 4.78 is 11.0. The van der Waals surface area contributed by atoms with E-state index in [4.69, 9.17) is 9.47 Å². The molecule has 7 nitrogen and oxygen atoms in total. The van der Waals surface area contributed by atoms with Crippen LogP contribution in [0.25, 0.3) is 0 Å². The molecule has 1 aliphatic heterocycles. The van der Waals surface area contributed by atoms with Crippen molar-refractivity contribution in [2.75, 3.05) is 19.5 Å². The van der Waals surface area contributed by atoms with Crippen molar-refractivity contribution in [1.82, 2.24) is 10.3 Å². The molecule has 1 aromatic heterocycles. The van der Waals surface area contributed by atoms with E-state index in [0.29, 0.717) is 40.6 Å². The zero-order valence-corrected chi connectivity index (χ0v) is 18.7. The fraction of sp³-hybridized carbons (Fsp3) is 0.320. The van der Waals surface area contributed by atoms with Gasteiger partial charge in [0.1, 0.15) is 17.3 Å². The Morgan fingerprint density at radius 1 is 1.12 bits per heavy atom. The minimum atomic E-state index is -0.551. The van der Waals surface area contributed by atoms with Crippen LogP contribution in [0.2, 0.25) is 0 Å². The third-order valence-electron chi connectivity index (χ3n) is 5.93. The van der Waals surface area contributed by atoms with E-state index in [0.717, 1.165) is 29.7 Å². The first-order valence-corrected chi connectivity index (χ1v) is 10.6. The summed E-state index contributed by atoms with van der Waals surface area (Å²) in [6, 6.07) is 9.11. The molecule has 0 spiro atoms. The van der Waals surface area contributed by atoms with Crippen molar-refractivity contribution < 1.29 is 19.1 Å². The summed E-state index contributed by atoms with van der Waals surface area (Å²) in [5, 5.41) is 6.22. The maximum Gasteiger partial charge on any atom is 0.255 e. The molecule has 1 amide bonds. The molecule has 2 aromatic rings. The summed E-state index contributed by atoms with van der Waals surface area (Å²) >= 11 is 0. The average Bonchev–Trinajstić information content (AvgIpc) is 2.79. The molecule has 1 aliphatic carbocycles. The monoisotopic (exact) mass is 433 g/mol. The minimum absolute atomic E-state index is 0.0490. The van der Waals surface area contributed by atoms with Gasteiger partial charge in [0.05, 0.1) is 20.1 Å². The van der Waals surface area contributed by atoms with Gasteiger partial charge in [0, 0.05) is 46.8 Å². The van der Waals surface area contributed by atoms with Crippen molar-refractivity contribution in [2.24, 2.45) is 0 Å². The fourth-order valence-electron chi connectivity index (χ4n) is 4.38. The summed E-state index contributed by atoms with van der Waals surface area (Å²) in [5.74, 6) is 0.848. The summed E-state index contributed by atoms with van der Waals surface area (Å²) in [7, 11) is 3.16. The van der Waals surface area contributed by atoms with Gasteiger partial charge in [-0.2, -0.15) is 0 Å². The van der Waals surface area contributed by atoms with Crippen molar-refractivity contribution in [2.45, 2.75) is 39.0 Å². The fourth-order valence-corrected chi connectivity index (χ4v) is 4.38. The van der Waals surface area contributed by atoms with Crippen LogP contribution in [0.4, 0.5) is 5.82 Å². The lowest BCUT2D eigenvalue weighted by Crippen LogP contribution is -2.35. The summed E-state index contributed by atoms with van der Waals surface area (Å²) in [5.41, 5.74) is 4.45. The third kappa shape index (κ3) is 3.98. The highest BCUT2D eigenvalue weighted by molar-refractivity contribution is 6.09. The topological polar surface area (TPSA) is 89.5 Å². The predicted octanol–water partition coefficient (Wildman–Crippen LogP) is 4.01. The molecule has 1 aromatic carbocycles. The van der Waals surface area contributed by atoms with Gasteiger partial charge in [-0.3, -0.25) is 9.59 Å². The van der Waals surface area contributed by atoms with Gasteiger partial charge in [-0.05, 0) is 44.4 Å². The predicted molar refractivity (Wildman–Crippen MR) is 122 cm³/mol. The number of hydrogen-bond donors (Lipinski definition) is 2. The van der Waals surface area contributed by atoms with E-state index in [9.17, 15) is 9.59 Å². The Morgan fingerprint density at radius 2 is 1.94 bits per heavy atom. The number of carbonyl (C=O) groups is 2. The first-order chi connectivity index (χ1) is 15.4. The van der Waals surface area contributed by atoms with Crippen molar-refractivity contribution in [1.29, 1.82) is 0 Å². The molecule has 0 bridgehead atoms. The molecule has 1 atom stereocenters. The number of nitrogens with zero attached hydrogens (tertiary/aromatic N) is 1. The number of ether oxygens (including phenoxy) is 2. The molecule has 2 N–H and O–H groups in total. The highest BCUT2D eigenvalue weighted by Gasteiger charge is 2.39. The first-order valence-electron chi connectivity index (χ1n) is 10.6. The van der Waals surface area contributed by atoms with Gasteiger partial charge in [-0.1, -0.05) is 12.1 Å². The van der Waals surface area contributed by atoms with Gasteiger partial charge in [0.15, 0.2) is 5.78 Å². The van der Waals surface area contributed by atoms with Crippen molar-refractivity contribution in [3.8, 4) is 11.5 Å². The summed E-state index contributed by atoms with van der Waals surface area (Å²) in [4.78, 5) is 30.9. The molecular formula is C25H27N3O4. The van der Waals surface area contributed by atoms with E-state index < -0.39 is 5.92 Å². The molecule has 0 fully saturated rings. The van der Waals surface area contributed by atoms with Crippen LogP contribution in [0.3, 0.4) is 0 Å². The lowest BCUT2D eigenvalue weighted by atomic mass is 9.74. The number of benzene rings is 1. The van der Waals surface area contributed by atoms with E-state index in [2.05, 4.69) is 15.6 Å². The SMILES string of the molecule is COc1ccc(C2C(C(=O)Nc3ccc(C)cn3)=C(C)NC3=C2C(=O)CCC3)c(OC)c1. The lowest BCUT2D eigenvalue weighted by molar-refractivity contribution is -0.116. The third-order valence-corrected chi connectivity index (χ3v) is 5.93. The van der Waals surface area contributed by atoms with Crippen LogP contribution in [0, 0.1) is 6.92 Å². The second-order valence-electron chi connectivity index (χ2n) is 8.05. The van der Waals surface area contributed by atoms with Crippen LogP contribution < -0.4 is 20.1 Å². The number of anilines is 1. The van der Waals surface area contributed by atoms with Crippen molar-refractivity contribution >= 4 is 17.5 Å². The molecule has 2 heterocycles. The zero-order chi connectivity index (χ0) is 22.8. The maximum atomic E-state index is 13.5. The van der Waals surface area contributed by atoms with Crippen molar-refractivity contribution in [3.05, 3.63) is 70.2 Å². The van der Waals surface area contributed by atoms with E-state index in [1.54, 1.807) is 32.5 Å². The van der Waals surface area contributed by atoms with Crippen LogP contribution >= 0.6 is 0 Å². The number of amides is 1. The van der Waals surface area contributed by atoms with Gasteiger partial charge in [-0.25, -0.2) is 4.98 Å². The van der Waals surface area contributed by atoms with Crippen LogP contribution in [0.15, 0.2) is 59.1 Å². The Morgan fingerprint density at radius 3 is 2.62 bits per heavy atom. The zero-order valence-electron chi connectivity index (χ0n) is 18.7. The highest BCUT2D eigenvalue weighted by atomic mass is 16.5. The number of hydrogen-bond acceptors (Lipinski definition) is 6. The Kier molecular flexibility index (Phi) is 5.99. The van der Waals surface area contributed by atoms with E-state index in [1.807, 2.05) is 32.0 Å². The van der Waals surface area contributed by atoms with Gasteiger partial charge >= 0.3 is 0 Å². The number of nitrogens with one attached hydrogen (secondary N) is 2. The van der Waals surface area contributed by atoms with Crippen LogP contribution in [-0.2, 0) is 9.59 Å². The first kappa shape index (κ1) is 21.6. The number of pyridine rings is 1. The molecule has 166 valence electrons. The Bertz CT molecular complexity index is 1130. The Balaban J connectivity index is 1.83. The number of aryl methyl sites for hydroxylation is 1. The molecule has 0 radical (unpaired) electrons. The van der Waals surface area contributed by atoms with E-state index in [1.165, 1.54) is 0 Å². The number of carbonyl (C=O) groups excluding carboxylic acids is 2. The molecule has 0 saturated heterocycles. The van der Waals surface area contributed by atoms with Gasteiger partial charge in [0.25, 0.3) is 5.91 Å². The number of methoxy groups -OCH3 is 2. The largest absolute Gasteiger partial charge is 0.497 e. The van der Waals surface area contributed by atoms with Gasteiger partial charge in [-0.15, -0.1) is 0 Å². The maximum absolute atomic E-state index is 13.5. The summed E-state index contributed by atoms with van der Waals surface area (Å²) in [6.07, 6.45) is 3.72. The van der Waals surface area contributed by atoms with E-state index in [-0.39, 0.29) is 11.7 Å². The number of ketones is 1. The molecule has 2 aliphatic rings. The molecule has 0 saturated carbocycles. The summed E-state index contributed by atoms with van der Waals surface area (Å²) in [6.45, 7) is 3.80. The second-order valence-corrected chi connectivity index (χ2v) is 8.05. The van der Waals surface area contributed by atoms with Crippen LogP contribution in [0.5, 0.6) is 11.5 Å².